The highest BCUT2D eigenvalue weighted by atomic mass is 32.2. The van der Waals surface area contributed by atoms with Gasteiger partial charge in [-0.25, -0.2) is 17.2 Å². The standard InChI is InChI=1S/C12H14F2N2O3S/c1-12(2-3-20(18,19)6-12)16-11(17)7-4-8(13)10(15)9(14)5-7/h4-5H,2-3,6,15H2,1H3,(H,16,17). The lowest BCUT2D eigenvalue weighted by Gasteiger charge is -2.24. The second kappa shape index (κ2) is 4.69. The fourth-order valence-corrected chi connectivity index (χ4v) is 4.26. The van der Waals surface area contributed by atoms with E-state index in [9.17, 15) is 22.0 Å². The van der Waals surface area contributed by atoms with Crippen LogP contribution in [0.3, 0.4) is 0 Å². The van der Waals surface area contributed by atoms with Crippen molar-refractivity contribution in [3.63, 3.8) is 0 Å². The molecule has 1 heterocycles. The molecule has 0 aromatic heterocycles. The molecule has 0 saturated carbocycles. The predicted octanol–water partition coefficient (Wildman–Crippen LogP) is 0.854. The van der Waals surface area contributed by atoms with Crippen LogP contribution in [-0.4, -0.2) is 31.4 Å². The van der Waals surface area contributed by atoms with Crippen LogP contribution < -0.4 is 11.1 Å². The Kier molecular flexibility index (Phi) is 3.45. The van der Waals surface area contributed by atoms with Crippen LogP contribution in [0.4, 0.5) is 14.5 Å². The van der Waals surface area contributed by atoms with E-state index < -0.39 is 38.6 Å². The van der Waals surface area contributed by atoms with E-state index in [1.807, 2.05) is 0 Å². The maximum absolute atomic E-state index is 13.3. The fourth-order valence-electron chi connectivity index (χ4n) is 2.17. The van der Waals surface area contributed by atoms with Crippen molar-refractivity contribution in [1.82, 2.24) is 5.32 Å². The van der Waals surface area contributed by atoms with Crippen LogP contribution in [0.5, 0.6) is 0 Å². The quantitative estimate of drug-likeness (QED) is 0.793. The number of nitrogen functional groups attached to an aromatic ring is 1. The molecule has 1 unspecified atom stereocenters. The van der Waals surface area contributed by atoms with Crippen molar-refractivity contribution >= 4 is 21.4 Å². The predicted molar refractivity (Wildman–Crippen MR) is 69.9 cm³/mol. The average molecular weight is 304 g/mol. The molecule has 0 radical (unpaired) electrons. The molecule has 0 aliphatic carbocycles. The Morgan fingerprint density at radius 3 is 2.35 bits per heavy atom. The van der Waals surface area contributed by atoms with Crippen molar-refractivity contribution in [1.29, 1.82) is 0 Å². The van der Waals surface area contributed by atoms with Crippen LogP contribution in [-0.2, 0) is 9.84 Å². The molecule has 0 bridgehead atoms. The summed E-state index contributed by atoms with van der Waals surface area (Å²) in [6, 6.07) is 1.64. The number of hydrogen-bond acceptors (Lipinski definition) is 4. The highest BCUT2D eigenvalue weighted by Crippen LogP contribution is 2.24. The van der Waals surface area contributed by atoms with E-state index in [1.54, 1.807) is 6.92 Å². The van der Waals surface area contributed by atoms with Gasteiger partial charge in [-0.2, -0.15) is 0 Å². The molecule has 0 spiro atoms. The first-order chi connectivity index (χ1) is 9.12. The van der Waals surface area contributed by atoms with E-state index in [0.29, 0.717) is 0 Å². The average Bonchev–Trinajstić information content (AvgIpc) is 2.59. The summed E-state index contributed by atoms with van der Waals surface area (Å²) < 4.78 is 49.4. The minimum absolute atomic E-state index is 0.0196. The molecular formula is C12H14F2N2O3S. The van der Waals surface area contributed by atoms with E-state index in [0.717, 1.165) is 12.1 Å². The number of rotatable bonds is 2. The van der Waals surface area contributed by atoms with Gasteiger partial charge in [-0.1, -0.05) is 0 Å². The number of nitrogens with one attached hydrogen (secondary N) is 1. The zero-order valence-electron chi connectivity index (χ0n) is 10.7. The summed E-state index contributed by atoms with van der Waals surface area (Å²) in [6.45, 7) is 1.58. The summed E-state index contributed by atoms with van der Waals surface area (Å²) in [5, 5.41) is 2.51. The highest BCUT2D eigenvalue weighted by molar-refractivity contribution is 7.91. The molecular weight excluding hydrogens is 290 g/mol. The molecule has 1 saturated heterocycles. The molecule has 3 N–H and O–H groups in total. The van der Waals surface area contributed by atoms with Crippen molar-refractivity contribution in [2.45, 2.75) is 18.9 Å². The van der Waals surface area contributed by atoms with Crippen LogP contribution in [0.15, 0.2) is 12.1 Å². The van der Waals surface area contributed by atoms with Crippen molar-refractivity contribution in [3.05, 3.63) is 29.3 Å². The maximum Gasteiger partial charge on any atom is 0.251 e. The van der Waals surface area contributed by atoms with Crippen LogP contribution in [0, 0.1) is 11.6 Å². The number of nitrogens with two attached hydrogens (primary N) is 1. The number of anilines is 1. The fraction of sp³-hybridized carbons (Fsp3) is 0.417. The number of amides is 1. The number of sulfone groups is 1. The zero-order chi connectivity index (χ0) is 15.1. The summed E-state index contributed by atoms with van der Waals surface area (Å²) in [7, 11) is -3.19. The van der Waals surface area contributed by atoms with Gasteiger partial charge in [0.1, 0.15) is 17.3 Å². The highest BCUT2D eigenvalue weighted by Gasteiger charge is 2.39. The molecule has 1 aromatic carbocycles. The van der Waals surface area contributed by atoms with Crippen LogP contribution in [0.1, 0.15) is 23.7 Å². The minimum Gasteiger partial charge on any atom is -0.394 e. The van der Waals surface area contributed by atoms with Gasteiger partial charge in [0.2, 0.25) is 0 Å². The molecule has 2 rings (SSSR count). The number of carbonyl (C=O) groups excluding carboxylic acids is 1. The van der Waals surface area contributed by atoms with E-state index in [2.05, 4.69) is 5.32 Å². The van der Waals surface area contributed by atoms with E-state index in [4.69, 9.17) is 5.73 Å². The van der Waals surface area contributed by atoms with Gasteiger partial charge in [-0.15, -0.1) is 0 Å². The Morgan fingerprint density at radius 1 is 1.35 bits per heavy atom. The summed E-state index contributed by atoms with van der Waals surface area (Å²) in [6.07, 6.45) is 0.265. The first kappa shape index (κ1) is 14.7. The number of hydrogen-bond donors (Lipinski definition) is 2. The number of benzene rings is 1. The van der Waals surface area contributed by atoms with Crippen LogP contribution in [0.2, 0.25) is 0 Å². The first-order valence-corrected chi connectivity index (χ1v) is 7.71. The van der Waals surface area contributed by atoms with Gasteiger partial charge in [0.05, 0.1) is 17.0 Å². The Hall–Kier alpha value is -1.70. The monoisotopic (exact) mass is 304 g/mol. The van der Waals surface area contributed by atoms with Gasteiger partial charge in [0.15, 0.2) is 9.84 Å². The van der Waals surface area contributed by atoms with Gasteiger partial charge in [0.25, 0.3) is 5.91 Å². The lowest BCUT2D eigenvalue weighted by Crippen LogP contribution is -2.47. The number of carbonyl (C=O) groups is 1. The smallest absolute Gasteiger partial charge is 0.251 e. The second-order valence-electron chi connectivity index (χ2n) is 5.21. The Labute approximate surface area is 115 Å². The molecule has 8 heteroatoms. The Bertz CT molecular complexity index is 652. The molecule has 110 valence electrons. The topological polar surface area (TPSA) is 89.3 Å². The molecule has 5 nitrogen and oxygen atoms in total. The van der Waals surface area contributed by atoms with Crippen LogP contribution in [0.25, 0.3) is 0 Å². The second-order valence-corrected chi connectivity index (χ2v) is 7.39. The third kappa shape index (κ3) is 2.90. The third-order valence-corrected chi connectivity index (χ3v) is 5.16. The largest absolute Gasteiger partial charge is 0.394 e. The molecule has 1 aliphatic rings. The van der Waals surface area contributed by atoms with Gasteiger partial charge in [-0.05, 0) is 25.5 Å². The van der Waals surface area contributed by atoms with E-state index >= 15 is 0 Å². The molecule has 1 fully saturated rings. The third-order valence-electron chi connectivity index (χ3n) is 3.26. The first-order valence-electron chi connectivity index (χ1n) is 5.89. The minimum atomic E-state index is -3.19. The molecule has 20 heavy (non-hydrogen) atoms. The Morgan fingerprint density at radius 2 is 1.90 bits per heavy atom. The Balaban J connectivity index is 2.21. The van der Waals surface area contributed by atoms with Crippen molar-refractivity contribution < 1.29 is 22.0 Å². The lowest BCUT2D eigenvalue weighted by molar-refractivity contribution is 0.0914. The summed E-state index contributed by atoms with van der Waals surface area (Å²) in [5.74, 6) is -3.00. The van der Waals surface area contributed by atoms with E-state index in [-0.39, 0.29) is 23.5 Å². The SMILES string of the molecule is CC1(NC(=O)c2cc(F)c(N)c(F)c2)CCS(=O)(=O)C1. The number of halogens is 2. The molecule has 1 aromatic rings. The zero-order valence-corrected chi connectivity index (χ0v) is 11.6. The maximum atomic E-state index is 13.3. The summed E-state index contributed by atoms with van der Waals surface area (Å²) in [4.78, 5) is 12.0. The van der Waals surface area contributed by atoms with Gasteiger partial charge >= 0.3 is 0 Å². The van der Waals surface area contributed by atoms with Crippen molar-refractivity contribution in [2.24, 2.45) is 0 Å². The normalized spacial score (nSPS) is 24.6. The van der Waals surface area contributed by atoms with Gasteiger partial charge in [0, 0.05) is 5.56 Å². The summed E-state index contributed by atoms with van der Waals surface area (Å²) >= 11 is 0. The molecule has 1 aliphatic heterocycles. The van der Waals surface area contributed by atoms with E-state index in [1.165, 1.54) is 0 Å². The lowest BCUT2D eigenvalue weighted by atomic mass is 10.0. The van der Waals surface area contributed by atoms with Gasteiger partial charge < -0.3 is 11.1 Å². The molecule has 1 atom stereocenters. The molecule has 1 amide bonds. The summed E-state index contributed by atoms with van der Waals surface area (Å²) in [5.41, 5.74) is 3.30. The van der Waals surface area contributed by atoms with Crippen LogP contribution >= 0.6 is 0 Å². The van der Waals surface area contributed by atoms with Crippen molar-refractivity contribution in [2.75, 3.05) is 17.2 Å². The van der Waals surface area contributed by atoms with Crippen molar-refractivity contribution in [3.8, 4) is 0 Å². The van der Waals surface area contributed by atoms with Gasteiger partial charge in [-0.3, -0.25) is 4.79 Å².